The number of nitrogens with zero attached hydrogens (tertiary/aromatic N) is 6. The van der Waals surface area contributed by atoms with Gasteiger partial charge in [-0.2, -0.15) is 0 Å². The third-order valence-corrected chi connectivity index (χ3v) is 7.46. The normalized spacial score (nSPS) is 32.8. The van der Waals surface area contributed by atoms with Crippen molar-refractivity contribution in [2.45, 2.75) is 47.2 Å². The molecule has 8 atom stereocenters. The summed E-state index contributed by atoms with van der Waals surface area (Å²) < 4.78 is 58.9. The van der Waals surface area contributed by atoms with E-state index in [1.165, 1.54) is 18.0 Å². The highest BCUT2D eigenvalue weighted by atomic mass is 32.2. The second-order valence-electron chi connectivity index (χ2n) is 8.22. The quantitative estimate of drug-likeness (QED) is 0.205. The van der Waals surface area contributed by atoms with E-state index in [1.54, 1.807) is 0 Å². The van der Waals surface area contributed by atoms with Gasteiger partial charge < -0.3 is 29.5 Å². The van der Waals surface area contributed by atoms with Crippen LogP contribution in [0.15, 0.2) is 23.4 Å². The van der Waals surface area contributed by atoms with E-state index in [0.717, 1.165) is 23.9 Å². The highest BCUT2D eigenvalue weighted by Gasteiger charge is 2.49. The molecule has 0 spiro atoms. The smallest absolute Gasteiger partial charge is 0.194 e. The molecule has 36 heavy (non-hydrogen) atoms. The van der Waals surface area contributed by atoms with Crippen LogP contribution in [-0.4, -0.2) is 98.4 Å². The van der Waals surface area contributed by atoms with Crippen molar-refractivity contribution in [1.82, 2.24) is 15.0 Å². The molecule has 0 bridgehead atoms. The Morgan fingerprint density at radius 1 is 1.25 bits per heavy atom. The molecule has 16 heteroatoms. The van der Waals surface area contributed by atoms with Crippen molar-refractivity contribution in [2.75, 3.05) is 26.9 Å². The molecular formula is C20H23F3N6O6S. The lowest BCUT2D eigenvalue weighted by Gasteiger charge is -2.45. The van der Waals surface area contributed by atoms with E-state index in [1.807, 2.05) is 0 Å². The summed E-state index contributed by atoms with van der Waals surface area (Å²) in [6.45, 7) is -0.396. The fourth-order valence-corrected chi connectivity index (χ4v) is 5.69. The number of hydrogen-bond acceptors (Lipinski definition) is 10. The van der Waals surface area contributed by atoms with Crippen molar-refractivity contribution in [1.29, 1.82) is 0 Å². The molecular weight excluding hydrogens is 509 g/mol. The van der Waals surface area contributed by atoms with Gasteiger partial charge in [0.05, 0.1) is 43.4 Å². The number of methoxy groups -OCH3 is 1. The van der Waals surface area contributed by atoms with E-state index in [0.29, 0.717) is 0 Å². The lowest BCUT2D eigenvalue weighted by Crippen LogP contribution is -2.57. The molecule has 2 aromatic rings. The molecule has 2 aliphatic heterocycles. The predicted octanol–water partition coefficient (Wildman–Crippen LogP) is 1.17. The first kappa shape index (κ1) is 26.6. The van der Waals surface area contributed by atoms with Gasteiger partial charge in [0.25, 0.3) is 0 Å². The molecule has 3 N–H and O–H groups in total. The number of aliphatic hydroxyl groups is 3. The monoisotopic (exact) mass is 532 g/mol. The Morgan fingerprint density at radius 2 is 1.97 bits per heavy atom. The van der Waals surface area contributed by atoms with Crippen molar-refractivity contribution in [2.24, 2.45) is 5.11 Å². The van der Waals surface area contributed by atoms with Gasteiger partial charge >= 0.3 is 0 Å². The van der Waals surface area contributed by atoms with E-state index in [4.69, 9.17) is 19.7 Å². The molecule has 196 valence electrons. The molecule has 0 saturated carbocycles. The average Bonchev–Trinajstić information content (AvgIpc) is 3.35. The van der Waals surface area contributed by atoms with E-state index < -0.39 is 71.2 Å². The molecule has 1 aromatic heterocycles. The first-order valence-corrected chi connectivity index (χ1v) is 11.7. The second kappa shape index (κ2) is 11.3. The number of benzene rings is 1. The molecule has 1 aromatic carbocycles. The van der Waals surface area contributed by atoms with Crippen LogP contribution in [0.1, 0.15) is 6.04 Å². The van der Waals surface area contributed by atoms with Crippen molar-refractivity contribution < 1.29 is 42.7 Å². The molecule has 2 fully saturated rings. The zero-order chi connectivity index (χ0) is 26.0. The number of thioether (sulfide) groups is 1. The Balaban J connectivity index is 1.62. The zero-order valence-corrected chi connectivity index (χ0v) is 19.6. The fourth-order valence-electron chi connectivity index (χ4n) is 4.19. The Bertz CT molecular complexity index is 1100. The molecule has 0 aliphatic carbocycles. The Kier molecular flexibility index (Phi) is 8.37. The summed E-state index contributed by atoms with van der Waals surface area (Å²) in [5.74, 6) is -4.42. The molecule has 0 unspecified atom stereocenters. The summed E-state index contributed by atoms with van der Waals surface area (Å²) in [4.78, 5) is 2.72. The first-order chi connectivity index (χ1) is 17.3. The van der Waals surface area contributed by atoms with Crippen LogP contribution in [0.5, 0.6) is 0 Å². The Labute approximate surface area is 206 Å². The third kappa shape index (κ3) is 5.17. The van der Waals surface area contributed by atoms with Crippen LogP contribution >= 0.6 is 11.8 Å². The van der Waals surface area contributed by atoms with Crippen LogP contribution in [0.25, 0.3) is 21.7 Å². The summed E-state index contributed by atoms with van der Waals surface area (Å²) >= 11 is 1.11. The van der Waals surface area contributed by atoms with Crippen LogP contribution in [0.2, 0.25) is 0 Å². The Hall–Kier alpha value is -2.43. The van der Waals surface area contributed by atoms with Crippen LogP contribution in [0.3, 0.4) is 0 Å². The minimum atomic E-state index is -1.62. The van der Waals surface area contributed by atoms with Crippen LogP contribution in [0.4, 0.5) is 13.2 Å². The van der Waals surface area contributed by atoms with Gasteiger partial charge in [-0.15, -0.1) is 16.9 Å². The number of azide groups is 1. The average molecular weight is 533 g/mol. The molecule has 0 amide bonds. The summed E-state index contributed by atoms with van der Waals surface area (Å²) in [6, 6.07) is -0.263. The summed E-state index contributed by atoms with van der Waals surface area (Å²) in [5.41, 5.74) is 7.78. The van der Waals surface area contributed by atoms with Crippen molar-refractivity contribution in [3.05, 3.63) is 46.2 Å². The van der Waals surface area contributed by atoms with E-state index in [9.17, 15) is 28.5 Å². The number of aromatic nitrogens is 3. The van der Waals surface area contributed by atoms with Gasteiger partial charge in [-0.05, 0) is 17.7 Å². The van der Waals surface area contributed by atoms with Gasteiger partial charge in [0.2, 0.25) is 0 Å². The molecule has 3 heterocycles. The summed E-state index contributed by atoms with van der Waals surface area (Å²) in [7, 11) is 1.36. The van der Waals surface area contributed by atoms with E-state index in [2.05, 4.69) is 20.3 Å². The lowest BCUT2D eigenvalue weighted by atomic mass is 9.97. The summed E-state index contributed by atoms with van der Waals surface area (Å²) in [5, 5.41) is 42.1. The lowest BCUT2D eigenvalue weighted by molar-refractivity contribution is -0.186. The maximum atomic E-state index is 13.7. The fraction of sp³-hybridized carbons (Fsp3) is 0.600. The van der Waals surface area contributed by atoms with Gasteiger partial charge in [-0.1, -0.05) is 10.3 Å². The van der Waals surface area contributed by atoms with Gasteiger partial charge in [0.1, 0.15) is 35.5 Å². The maximum absolute atomic E-state index is 13.7. The van der Waals surface area contributed by atoms with Crippen LogP contribution in [0, 0.1) is 17.5 Å². The zero-order valence-electron chi connectivity index (χ0n) is 18.8. The van der Waals surface area contributed by atoms with Crippen LogP contribution < -0.4 is 0 Å². The number of aliphatic hydroxyl groups excluding tert-OH is 3. The molecule has 2 aliphatic rings. The molecule has 4 rings (SSSR count). The van der Waals surface area contributed by atoms with Gasteiger partial charge in [0, 0.05) is 17.6 Å². The second-order valence-corrected chi connectivity index (χ2v) is 9.56. The van der Waals surface area contributed by atoms with Gasteiger partial charge in [-0.25, -0.2) is 17.9 Å². The van der Waals surface area contributed by atoms with Crippen molar-refractivity contribution >= 4 is 11.8 Å². The highest BCUT2D eigenvalue weighted by molar-refractivity contribution is 8.00. The largest absolute Gasteiger partial charge is 0.394 e. The van der Waals surface area contributed by atoms with E-state index >= 15 is 0 Å². The minimum absolute atomic E-state index is 0.000550. The number of rotatable bonds is 7. The third-order valence-electron chi connectivity index (χ3n) is 6.05. The SMILES string of the molecule is CO[C@@H]1[C@@H](n2cc(-c3cc(F)c(F)c(F)c3)nn2)[C@@H](O)[C@@H](CO)O[C@H]1S[C@@H]1COC[C@H](N=[N+]=[N-])[C@H]1O. The minimum Gasteiger partial charge on any atom is -0.394 e. The number of hydrogen-bond donors (Lipinski definition) is 3. The van der Waals surface area contributed by atoms with Crippen molar-refractivity contribution in [3.63, 3.8) is 0 Å². The predicted molar refractivity (Wildman–Crippen MR) is 118 cm³/mol. The Morgan fingerprint density at radius 3 is 2.61 bits per heavy atom. The number of halogens is 3. The van der Waals surface area contributed by atoms with Crippen LogP contribution in [-0.2, 0) is 14.2 Å². The number of ether oxygens (including phenoxy) is 3. The van der Waals surface area contributed by atoms with Gasteiger partial charge in [-0.3, -0.25) is 0 Å². The topological polar surface area (TPSA) is 168 Å². The van der Waals surface area contributed by atoms with Gasteiger partial charge in [0.15, 0.2) is 17.5 Å². The molecule has 2 saturated heterocycles. The maximum Gasteiger partial charge on any atom is 0.194 e. The standard InChI is InChI=1S/C20H23F3N6O6S/c1-33-19-16(29-4-11(26-28-29)8-2-9(21)15(23)10(22)3-8)18(32)13(5-30)35-20(19)36-14-7-34-6-12(17(14)31)25-27-24/h2-4,12-14,16-20,30-32H,5-7H2,1H3/t12-,13+,14+,16-,17+,18-,19+,20-/m0/s1. The summed E-state index contributed by atoms with van der Waals surface area (Å²) in [6.07, 6.45) is -3.08. The first-order valence-electron chi connectivity index (χ1n) is 10.8. The molecule has 0 radical (unpaired) electrons. The van der Waals surface area contributed by atoms with E-state index in [-0.39, 0.29) is 24.5 Å². The highest BCUT2D eigenvalue weighted by Crippen LogP contribution is 2.40. The molecule has 12 nitrogen and oxygen atoms in total. The van der Waals surface area contributed by atoms with Crippen molar-refractivity contribution in [3.8, 4) is 11.3 Å².